The summed E-state index contributed by atoms with van der Waals surface area (Å²) >= 11 is 1.50. The standard InChI is InChI=1S/C15H19NO3S/c1-2-19-15(18)10-16(12-8-9-12)14(17)11-20-13-6-4-3-5-7-13/h3-7,12H,2,8-11H2,1H3. The van der Waals surface area contributed by atoms with Gasteiger partial charge in [0.1, 0.15) is 6.54 Å². The van der Waals surface area contributed by atoms with Gasteiger partial charge in [-0.25, -0.2) is 0 Å². The molecule has 0 unspecified atom stereocenters. The summed E-state index contributed by atoms with van der Waals surface area (Å²) in [6.07, 6.45) is 1.97. The lowest BCUT2D eigenvalue weighted by Crippen LogP contribution is -2.39. The summed E-state index contributed by atoms with van der Waals surface area (Å²) in [5.41, 5.74) is 0. The van der Waals surface area contributed by atoms with Crippen molar-refractivity contribution in [3.8, 4) is 0 Å². The molecule has 1 aromatic carbocycles. The summed E-state index contributed by atoms with van der Waals surface area (Å²) in [6.45, 7) is 2.20. The number of carbonyl (C=O) groups is 2. The van der Waals surface area contributed by atoms with Crippen molar-refractivity contribution in [2.45, 2.75) is 30.7 Å². The molecule has 0 N–H and O–H groups in total. The van der Waals surface area contributed by atoms with E-state index in [0.717, 1.165) is 17.7 Å². The molecule has 0 saturated heterocycles. The Morgan fingerprint density at radius 1 is 1.30 bits per heavy atom. The first-order valence-electron chi connectivity index (χ1n) is 6.83. The first kappa shape index (κ1) is 14.9. The summed E-state index contributed by atoms with van der Waals surface area (Å²) in [6, 6.07) is 10.0. The van der Waals surface area contributed by atoms with Crippen molar-refractivity contribution < 1.29 is 14.3 Å². The van der Waals surface area contributed by atoms with Crippen molar-refractivity contribution in [2.24, 2.45) is 0 Å². The van der Waals surface area contributed by atoms with Crippen LogP contribution in [0.2, 0.25) is 0 Å². The molecule has 0 bridgehead atoms. The molecule has 0 atom stereocenters. The van der Waals surface area contributed by atoms with Gasteiger partial charge in [-0.2, -0.15) is 0 Å². The highest BCUT2D eigenvalue weighted by Gasteiger charge is 2.33. The Balaban J connectivity index is 1.85. The van der Waals surface area contributed by atoms with Crippen molar-refractivity contribution in [3.05, 3.63) is 30.3 Å². The Kier molecular flexibility index (Phi) is 5.47. The maximum atomic E-state index is 12.2. The lowest BCUT2D eigenvalue weighted by atomic mass is 10.4. The maximum Gasteiger partial charge on any atom is 0.325 e. The van der Waals surface area contributed by atoms with Crippen LogP contribution < -0.4 is 0 Å². The third-order valence-corrected chi connectivity index (χ3v) is 4.02. The van der Waals surface area contributed by atoms with Crippen LogP contribution in [0.3, 0.4) is 0 Å². The van der Waals surface area contributed by atoms with Gasteiger partial charge in [-0.15, -0.1) is 11.8 Å². The van der Waals surface area contributed by atoms with Crippen LogP contribution in [0.25, 0.3) is 0 Å². The summed E-state index contributed by atoms with van der Waals surface area (Å²) in [7, 11) is 0. The lowest BCUT2D eigenvalue weighted by molar-refractivity contribution is -0.148. The van der Waals surface area contributed by atoms with Crippen molar-refractivity contribution in [3.63, 3.8) is 0 Å². The van der Waals surface area contributed by atoms with E-state index in [9.17, 15) is 9.59 Å². The van der Waals surface area contributed by atoms with Crippen LogP contribution in [0.5, 0.6) is 0 Å². The van der Waals surface area contributed by atoms with E-state index in [-0.39, 0.29) is 24.5 Å². The van der Waals surface area contributed by atoms with Gasteiger partial charge >= 0.3 is 5.97 Å². The van der Waals surface area contributed by atoms with Crippen LogP contribution in [0, 0.1) is 0 Å². The number of rotatable bonds is 7. The molecule has 0 radical (unpaired) electrons. The summed E-state index contributed by atoms with van der Waals surface area (Å²) in [5, 5.41) is 0. The highest BCUT2D eigenvalue weighted by Crippen LogP contribution is 2.28. The Hall–Kier alpha value is -1.49. The van der Waals surface area contributed by atoms with Crippen molar-refractivity contribution in [2.75, 3.05) is 18.9 Å². The number of benzene rings is 1. The third kappa shape index (κ3) is 4.56. The van der Waals surface area contributed by atoms with E-state index >= 15 is 0 Å². The Bertz CT molecular complexity index is 459. The van der Waals surface area contributed by atoms with E-state index in [1.165, 1.54) is 11.8 Å². The summed E-state index contributed by atoms with van der Waals surface area (Å²) in [5.74, 6) is 0.0479. The second kappa shape index (κ2) is 7.33. The van der Waals surface area contributed by atoms with Gasteiger partial charge in [-0.1, -0.05) is 18.2 Å². The second-order valence-electron chi connectivity index (χ2n) is 4.66. The number of hydrogen-bond acceptors (Lipinski definition) is 4. The fourth-order valence-corrected chi connectivity index (χ4v) is 2.70. The Morgan fingerprint density at radius 2 is 2.00 bits per heavy atom. The van der Waals surface area contributed by atoms with E-state index < -0.39 is 0 Å². The SMILES string of the molecule is CCOC(=O)CN(C(=O)CSc1ccccc1)C1CC1. The fourth-order valence-electron chi connectivity index (χ4n) is 1.90. The molecular weight excluding hydrogens is 274 g/mol. The van der Waals surface area contributed by atoms with Gasteiger partial charge in [0, 0.05) is 10.9 Å². The molecule has 4 nitrogen and oxygen atoms in total. The van der Waals surface area contributed by atoms with E-state index in [1.54, 1.807) is 11.8 Å². The number of carbonyl (C=O) groups excluding carboxylic acids is 2. The maximum absolute atomic E-state index is 12.2. The van der Waals surface area contributed by atoms with Crippen LogP contribution >= 0.6 is 11.8 Å². The average Bonchev–Trinajstić information content (AvgIpc) is 3.28. The molecule has 2 rings (SSSR count). The monoisotopic (exact) mass is 293 g/mol. The fraction of sp³-hybridized carbons (Fsp3) is 0.467. The smallest absolute Gasteiger partial charge is 0.325 e. The summed E-state index contributed by atoms with van der Waals surface area (Å²) in [4.78, 5) is 26.5. The first-order valence-corrected chi connectivity index (χ1v) is 7.82. The molecule has 0 spiro atoms. The minimum atomic E-state index is -0.322. The molecule has 0 heterocycles. The van der Waals surface area contributed by atoms with Gasteiger partial charge in [0.25, 0.3) is 0 Å². The average molecular weight is 293 g/mol. The van der Waals surface area contributed by atoms with Crippen molar-refractivity contribution >= 4 is 23.6 Å². The molecule has 5 heteroatoms. The van der Waals surface area contributed by atoms with Crippen LogP contribution in [0.15, 0.2) is 35.2 Å². The third-order valence-electron chi connectivity index (χ3n) is 3.02. The van der Waals surface area contributed by atoms with Gasteiger partial charge in [0.2, 0.25) is 5.91 Å². The highest BCUT2D eigenvalue weighted by atomic mass is 32.2. The second-order valence-corrected chi connectivity index (χ2v) is 5.71. The van der Waals surface area contributed by atoms with Crippen LogP contribution in [0.4, 0.5) is 0 Å². The molecule has 1 aliphatic rings. The quantitative estimate of drug-likeness (QED) is 0.572. The van der Waals surface area contributed by atoms with Gasteiger partial charge in [0.15, 0.2) is 0 Å². The number of thioether (sulfide) groups is 1. The van der Waals surface area contributed by atoms with Crippen LogP contribution in [0.1, 0.15) is 19.8 Å². The molecule has 0 aromatic heterocycles. The van der Waals surface area contributed by atoms with Crippen molar-refractivity contribution in [1.82, 2.24) is 4.90 Å². The molecule has 1 saturated carbocycles. The largest absolute Gasteiger partial charge is 0.465 e. The van der Waals surface area contributed by atoms with Gasteiger partial charge in [-0.3, -0.25) is 9.59 Å². The zero-order valence-electron chi connectivity index (χ0n) is 11.6. The number of hydrogen-bond donors (Lipinski definition) is 0. The lowest BCUT2D eigenvalue weighted by Gasteiger charge is -2.21. The van der Waals surface area contributed by atoms with Gasteiger partial charge < -0.3 is 9.64 Å². The topological polar surface area (TPSA) is 46.6 Å². The Morgan fingerprint density at radius 3 is 2.60 bits per heavy atom. The zero-order valence-corrected chi connectivity index (χ0v) is 12.4. The molecule has 20 heavy (non-hydrogen) atoms. The molecule has 108 valence electrons. The molecule has 1 aliphatic carbocycles. The van der Waals surface area contributed by atoms with Crippen molar-refractivity contribution in [1.29, 1.82) is 0 Å². The number of nitrogens with zero attached hydrogens (tertiary/aromatic N) is 1. The van der Waals surface area contributed by atoms with E-state index in [0.29, 0.717) is 12.4 Å². The van der Waals surface area contributed by atoms with Gasteiger partial charge in [0.05, 0.1) is 12.4 Å². The summed E-state index contributed by atoms with van der Waals surface area (Å²) < 4.78 is 4.92. The van der Waals surface area contributed by atoms with Crippen LogP contribution in [-0.2, 0) is 14.3 Å². The van der Waals surface area contributed by atoms with E-state index in [4.69, 9.17) is 4.74 Å². The number of ether oxygens (including phenoxy) is 1. The van der Waals surface area contributed by atoms with E-state index in [2.05, 4.69) is 0 Å². The molecule has 1 aromatic rings. The first-order chi connectivity index (χ1) is 9.70. The minimum Gasteiger partial charge on any atom is -0.465 e. The number of esters is 1. The molecule has 1 fully saturated rings. The minimum absolute atomic E-state index is 0.00871. The number of amides is 1. The molecule has 1 amide bonds. The predicted molar refractivity (Wildman–Crippen MR) is 78.5 cm³/mol. The molecule has 0 aliphatic heterocycles. The normalized spacial score (nSPS) is 13.8. The predicted octanol–water partition coefficient (Wildman–Crippen LogP) is 2.33. The molecular formula is C15H19NO3S. The van der Waals surface area contributed by atoms with E-state index in [1.807, 2.05) is 30.3 Å². The highest BCUT2D eigenvalue weighted by molar-refractivity contribution is 8.00. The van der Waals surface area contributed by atoms with Crippen LogP contribution in [-0.4, -0.2) is 41.7 Å². The Labute approximate surface area is 123 Å². The zero-order chi connectivity index (χ0) is 14.4. The van der Waals surface area contributed by atoms with Gasteiger partial charge in [-0.05, 0) is 31.9 Å².